The summed E-state index contributed by atoms with van der Waals surface area (Å²) in [6, 6.07) is 16.8. The molecule has 2 amide bonds. The predicted octanol–water partition coefficient (Wildman–Crippen LogP) is 4.15. The lowest BCUT2D eigenvalue weighted by Crippen LogP contribution is -2.38. The molecular weight excluding hydrogens is 286 g/mol. The maximum atomic E-state index is 12.2. The second kappa shape index (κ2) is 5.09. The van der Waals surface area contributed by atoms with Crippen molar-refractivity contribution in [2.24, 2.45) is 4.99 Å². The number of urea groups is 1. The molecule has 3 aromatic carbocycles. The van der Waals surface area contributed by atoms with Crippen LogP contribution in [0.2, 0.25) is 0 Å². The topological polar surface area (TPSA) is 35.9 Å². The van der Waals surface area contributed by atoms with Gasteiger partial charge in [0.2, 0.25) is 0 Å². The van der Waals surface area contributed by atoms with Crippen LogP contribution in [0.15, 0.2) is 53.5 Å². The van der Waals surface area contributed by atoms with Crippen molar-refractivity contribution in [3.63, 3.8) is 0 Å². The first-order valence-electron chi connectivity index (χ1n) is 7.60. The molecule has 4 rings (SSSR count). The third kappa shape index (κ3) is 2.23. The lowest BCUT2D eigenvalue weighted by atomic mass is 9.97. The van der Waals surface area contributed by atoms with Crippen LogP contribution < -0.4 is 0 Å². The van der Waals surface area contributed by atoms with Gasteiger partial charge in [-0.1, -0.05) is 30.3 Å². The van der Waals surface area contributed by atoms with Crippen LogP contribution in [-0.2, 0) is 6.54 Å². The van der Waals surface area contributed by atoms with E-state index in [1.807, 2.05) is 18.2 Å². The monoisotopic (exact) mass is 303 g/mol. The fourth-order valence-corrected chi connectivity index (χ4v) is 3.07. The highest BCUT2D eigenvalue weighted by molar-refractivity contribution is 6.02. The molecule has 0 N–H and O–H groups in total. The van der Waals surface area contributed by atoms with Crippen molar-refractivity contribution in [3.05, 3.63) is 54.1 Å². The molecule has 0 spiro atoms. The number of nitrogens with zero attached hydrogens (tertiary/aromatic N) is 3. The van der Waals surface area contributed by atoms with E-state index in [1.54, 1.807) is 30.2 Å². The SMILES string of the molecule is CN(C)C(=O)N1C=Nc2ccc3cc4ccccc4cc3c2C1. The maximum absolute atomic E-state index is 12.2. The molecule has 0 aromatic heterocycles. The Balaban J connectivity index is 1.90. The lowest BCUT2D eigenvalue weighted by molar-refractivity contribution is 0.194. The van der Waals surface area contributed by atoms with Crippen LogP contribution >= 0.6 is 0 Å². The number of amides is 2. The van der Waals surface area contributed by atoms with E-state index in [2.05, 4.69) is 35.3 Å². The molecule has 3 aromatic rings. The zero-order chi connectivity index (χ0) is 16.0. The molecule has 1 aliphatic rings. The molecule has 0 radical (unpaired) electrons. The summed E-state index contributed by atoms with van der Waals surface area (Å²) in [5.41, 5.74) is 2.04. The van der Waals surface area contributed by atoms with Crippen LogP contribution in [-0.4, -0.2) is 36.3 Å². The van der Waals surface area contributed by atoms with Crippen LogP contribution in [0.1, 0.15) is 5.56 Å². The van der Waals surface area contributed by atoms with Gasteiger partial charge in [-0.15, -0.1) is 0 Å². The zero-order valence-corrected chi connectivity index (χ0v) is 13.2. The minimum Gasteiger partial charge on any atom is -0.330 e. The van der Waals surface area contributed by atoms with Gasteiger partial charge in [0.1, 0.15) is 0 Å². The first-order valence-corrected chi connectivity index (χ1v) is 7.60. The lowest BCUT2D eigenvalue weighted by Gasteiger charge is -2.26. The van der Waals surface area contributed by atoms with E-state index >= 15 is 0 Å². The molecule has 114 valence electrons. The van der Waals surface area contributed by atoms with Crippen LogP contribution in [0.3, 0.4) is 0 Å². The predicted molar refractivity (Wildman–Crippen MR) is 94.2 cm³/mol. The largest absolute Gasteiger partial charge is 0.330 e. The number of hydrogen-bond donors (Lipinski definition) is 0. The zero-order valence-electron chi connectivity index (χ0n) is 13.2. The Hall–Kier alpha value is -2.88. The average molecular weight is 303 g/mol. The molecule has 4 heteroatoms. The minimum atomic E-state index is -0.0582. The van der Waals surface area contributed by atoms with Gasteiger partial charge in [0.15, 0.2) is 0 Å². The molecule has 0 fully saturated rings. The summed E-state index contributed by atoms with van der Waals surface area (Å²) in [5, 5.41) is 4.76. The van der Waals surface area contributed by atoms with Gasteiger partial charge in [-0.3, -0.25) is 4.90 Å². The van der Waals surface area contributed by atoms with Crippen LogP contribution in [0.25, 0.3) is 21.5 Å². The summed E-state index contributed by atoms with van der Waals surface area (Å²) in [6.07, 6.45) is 1.62. The molecule has 0 bridgehead atoms. The summed E-state index contributed by atoms with van der Waals surface area (Å²) >= 11 is 0. The first-order chi connectivity index (χ1) is 11.1. The standard InChI is InChI=1S/C19H17N3O/c1-21(2)19(23)22-11-17-16-10-14-6-4-3-5-13(14)9-15(16)7-8-18(17)20-12-22/h3-10,12H,11H2,1-2H3. The first kappa shape index (κ1) is 13.8. The Morgan fingerprint density at radius 1 is 1.04 bits per heavy atom. The molecule has 0 atom stereocenters. The van der Waals surface area contributed by atoms with E-state index < -0.39 is 0 Å². The fraction of sp³-hybridized carbons (Fsp3) is 0.158. The van der Waals surface area contributed by atoms with Crippen molar-refractivity contribution in [2.75, 3.05) is 14.1 Å². The van der Waals surface area contributed by atoms with Crippen molar-refractivity contribution in [2.45, 2.75) is 6.54 Å². The molecular formula is C19H17N3O. The Kier molecular flexibility index (Phi) is 3.05. The van der Waals surface area contributed by atoms with Gasteiger partial charge in [0.05, 0.1) is 18.6 Å². The van der Waals surface area contributed by atoms with Crippen molar-refractivity contribution >= 4 is 39.6 Å². The average Bonchev–Trinajstić information content (AvgIpc) is 2.58. The Morgan fingerprint density at radius 2 is 1.78 bits per heavy atom. The normalized spacial score (nSPS) is 13.4. The summed E-state index contributed by atoms with van der Waals surface area (Å²) in [6.45, 7) is 0.547. The van der Waals surface area contributed by atoms with Crippen molar-refractivity contribution in [1.29, 1.82) is 0 Å². The van der Waals surface area contributed by atoms with Gasteiger partial charge in [0, 0.05) is 19.7 Å². The van der Waals surface area contributed by atoms with Crippen LogP contribution in [0.4, 0.5) is 10.5 Å². The summed E-state index contributed by atoms with van der Waals surface area (Å²) < 4.78 is 0. The Bertz CT molecular complexity index is 959. The van der Waals surface area contributed by atoms with Gasteiger partial charge in [0.25, 0.3) is 0 Å². The highest BCUT2D eigenvalue weighted by atomic mass is 16.2. The number of hydrogen-bond acceptors (Lipinski definition) is 2. The van der Waals surface area contributed by atoms with Gasteiger partial charge in [-0.05, 0) is 39.7 Å². The summed E-state index contributed by atoms with van der Waals surface area (Å²) in [5.74, 6) is 0. The van der Waals surface area contributed by atoms with E-state index in [4.69, 9.17) is 0 Å². The van der Waals surface area contributed by atoms with Crippen molar-refractivity contribution in [1.82, 2.24) is 9.80 Å². The second-order valence-corrected chi connectivity index (χ2v) is 6.03. The Labute approximate surface area is 134 Å². The number of fused-ring (bicyclic) bond motifs is 4. The van der Waals surface area contributed by atoms with E-state index in [1.165, 1.54) is 16.2 Å². The van der Waals surface area contributed by atoms with Crippen LogP contribution in [0.5, 0.6) is 0 Å². The number of aliphatic imine (C=N–C) groups is 1. The highest BCUT2D eigenvalue weighted by Gasteiger charge is 2.21. The van der Waals surface area contributed by atoms with Gasteiger partial charge < -0.3 is 4.90 Å². The molecule has 0 aliphatic carbocycles. The van der Waals surface area contributed by atoms with Gasteiger partial charge >= 0.3 is 6.03 Å². The third-order valence-corrected chi connectivity index (χ3v) is 4.27. The van der Waals surface area contributed by atoms with E-state index in [-0.39, 0.29) is 6.03 Å². The van der Waals surface area contributed by atoms with E-state index in [0.717, 1.165) is 16.6 Å². The number of carbonyl (C=O) groups excluding carboxylic acids is 1. The second-order valence-electron chi connectivity index (χ2n) is 6.03. The highest BCUT2D eigenvalue weighted by Crippen LogP contribution is 2.34. The van der Waals surface area contributed by atoms with Crippen molar-refractivity contribution < 1.29 is 4.79 Å². The third-order valence-electron chi connectivity index (χ3n) is 4.27. The summed E-state index contributed by atoms with van der Waals surface area (Å²) in [7, 11) is 3.50. The molecule has 0 saturated heterocycles. The molecule has 0 unspecified atom stereocenters. The van der Waals surface area contributed by atoms with Crippen molar-refractivity contribution in [3.8, 4) is 0 Å². The number of benzene rings is 3. The maximum Gasteiger partial charge on any atom is 0.324 e. The molecule has 1 heterocycles. The fourth-order valence-electron chi connectivity index (χ4n) is 3.07. The van der Waals surface area contributed by atoms with Gasteiger partial charge in [-0.2, -0.15) is 0 Å². The number of carbonyl (C=O) groups is 1. The quantitative estimate of drug-likeness (QED) is 0.575. The molecule has 1 aliphatic heterocycles. The number of rotatable bonds is 0. The molecule has 4 nitrogen and oxygen atoms in total. The Morgan fingerprint density at radius 3 is 2.52 bits per heavy atom. The summed E-state index contributed by atoms with van der Waals surface area (Å²) in [4.78, 5) is 19.9. The van der Waals surface area contributed by atoms with E-state index in [0.29, 0.717) is 6.54 Å². The smallest absolute Gasteiger partial charge is 0.324 e. The molecule has 0 saturated carbocycles. The van der Waals surface area contributed by atoms with Crippen LogP contribution in [0, 0.1) is 0 Å². The minimum absolute atomic E-state index is 0.0582. The van der Waals surface area contributed by atoms with E-state index in [9.17, 15) is 4.79 Å². The molecule has 23 heavy (non-hydrogen) atoms. The van der Waals surface area contributed by atoms with Gasteiger partial charge in [-0.25, -0.2) is 9.79 Å².